The number of thiazole rings is 1. The number of hydrogen-bond acceptors (Lipinski definition) is 5. The van der Waals surface area contributed by atoms with E-state index >= 15 is 0 Å². The van der Waals surface area contributed by atoms with E-state index in [1.54, 1.807) is 11.3 Å². The van der Waals surface area contributed by atoms with E-state index in [4.69, 9.17) is 18.0 Å². The lowest BCUT2D eigenvalue weighted by Gasteiger charge is -2.08. The van der Waals surface area contributed by atoms with Gasteiger partial charge in [0.15, 0.2) is 5.13 Å². The van der Waals surface area contributed by atoms with Crippen LogP contribution in [0.3, 0.4) is 0 Å². The third kappa shape index (κ3) is 2.48. The van der Waals surface area contributed by atoms with Gasteiger partial charge in [0.2, 0.25) is 0 Å². The molecule has 0 saturated carbocycles. The zero-order valence-electron chi connectivity index (χ0n) is 10.8. The molecule has 0 radical (unpaired) electrons. The molecule has 0 unspecified atom stereocenters. The first-order valence-corrected chi connectivity index (χ1v) is 7.26. The number of fused-ring (bicyclic) bond motifs is 1. The van der Waals surface area contributed by atoms with Gasteiger partial charge in [0, 0.05) is 5.69 Å². The van der Waals surface area contributed by atoms with Crippen molar-refractivity contribution < 1.29 is 0 Å². The highest BCUT2D eigenvalue weighted by atomic mass is 32.1. The molecule has 6 heteroatoms. The zero-order chi connectivity index (χ0) is 14.1. The van der Waals surface area contributed by atoms with E-state index in [1.165, 1.54) is 0 Å². The highest BCUT2D eigenvalue weighted by Crippen LogP contribution is 2.28. The number of nitrogens with one attached hydrogen (secondary N) is 1. The quantitative estimate of drug-likeness (QED) is 0.726. The number of anilines is 2. The van der Waals surface area contributed by atoms with Gasteiger partial charge in [-0.1, -0.05) is 35.7 Å². The Hall–Kier alpha value is -2.05. The maximum Gasteiger partial charge on any atom is 0.189 e. The number of aromatic nitrogens is 2. The molecule has 0 saturated heterocycles. The molecule has 2 aromatic heterocycles. The number of para-hydroxylation sites is 1. The molecule has 3 aromatic rings. The van der Waals surface area contributed by atoms with Crippen molar-refractivity contribution in [3.05, 3.63) is 47.7 Å². The van der Waals surface area contributed by atoms with Crippen molar-refractivity contribution in [3.8, 4) is 0 Å². The summed E-state index contributed by atoms with van der Waals surface area (Å²) in [6.07, 6.45) is 0. The van der Waals surface area contributed by atoms with Crippen LogP contribution in [0.15, 0.2) is 36.4 Å². The van der Waals surface area contributed by atoms with E-state index in [0.29, 0.717) is 10.8 Å². The monoisotopic (exact) mass is 300 g/mol. The zero-order valence-corrected chi connectivity index (χ0v) is 12.4. The van der Waals surface area contributed by atoms with Gasteiger partial charge in [0.25, 0.3) is 0 Å². The third-order valence-electron chi connectivity index (χ3n) is 2.82. The number of hydrogen-bond donors (Lipinski definition) is 2. The van der Waals surface area contributed by atoms with Crippen LogP contribution < -0.4 is 11.1 Å². The average molecular weight is 300 g/mol. The smallest absolute Gasteiger partial charge is 0.189 e. The van der Waals surface area contributed by atoms with E-state index in [2.05, 4.69) is 15.3 Å². The molecule has 0 amide bonds. The Morgan fingerprint density at radius 2 is 2.00 bits per heavy atom. The largest absolute Gasteiger partial charge is 0.389 e. The van der Waals surface area contributed by atoms with Gasteiger partial charge in [-0.3, -0.25) is 0 Å². The van der Waals surface area contributed by atoms with Crippen LogP contribution in [0.25, 0.3) is 10.2 Å². The summed E-state index contributed by atoms with van der Waals surface area (Å²) in [6.45, 7) is 1.92. The van der Waals surface area contributed by atoms with Gasteiger partial charge in [-0.05, 0) is 31.2 Å². The first kappa shape index (κ1) is 13.0. The Bertz CT molecular complexity index is 762. The minimum absolute atomic E-state index is 0.320. The lowest BCUT2D eigenvalue weighted by atomic mass is 10.2. The number of benzene rings is 1. The summed E-state index contributed by atoms with van der Waals surface area (Å²) in [5, 5.41) is 3.99. The molecule has 3 N–H and O–H groups in total. The summed E-state index contributed by atoms with van der Waals surface area (Å²) in [6, 6.07) is 11.7. The van der Waals surface area contributed by atoms with Gasteiger partial charge in [-0.15, -0.1) is 0 Å². The van der Waals surface area contributed by atoms with Crippen LogP contribution in [0.5, 0.6) is 0 Å². The van der Waals surface area contributed by atoms with Crippen LogP contribution in [0.1, 0.15) is 11.3 Å². The molecule has 0 fully saturated rings. The van der Waals surface area contributed by atoms with E-state index in [0.717, 1.165) is 26.6 Å². The summed E-state index contributed by atoms with van der Waals surface area (Å²) in [7, 11) is 0. The Morgan fingerprint density at radius 3 is 2.75 bits per heavy atom. The minimum Gasteiger partial charge on any atom is -0.389 e. The molecule has 0 aliphatic carbocycles. The number of nitrogens with zero attached hydrogens (tertiary/aromatic N) is 2. The second-order valence-electron chi connectivity index (χ2n) is 4.32. The van der Waals surface area contributed by atoms with Crippen molar-refractivity contribution in [1.29, 1.82) is 0 Å². The third-order valence-corrected chi connectivity index (χ3v) is 3.99. The van der Waals surface area contributed by atoms with Gasteiger partial charge >= 0.3 is 0 Å². The maximum atomic E-state index is 5.73. The lowest BCUT2D eigenvalue weighted by Crippen LogP contribution is -2.13. The van der Waals surface area contributed by atoms with Crippen LogP contribution in [-0.4, -0.2) is 15.0 Å². The van der Waals surface area contributed by atoms with Crippen molar-refractivity contribution >= 4 is 49.7 Å². The second kappa shape index (κ2) is 5.15. The van der Waals surface area contributed by atoms with Gasteiger partial charge < -0.3 is 11.1 Å². The van der Waals surface area contributed by atoms with Gasteiger partial charge in [-0.25, -0.2) is 9.97 Å². The molecular formula is C14H12N4S2. The fourth-order valence-corrected chi connectivity index (χ4v) is 2.91. The lowest BCUT2D eigenvalue weighted by molar-refractivity contribution is 1.19. The molecule has 0 aliphatic rings. The summed E-state index contributed by atoms with van der Waals surface area (Å²) in [5.74, 6) is 0.650. The summed E-state index contributed by atoms with van der Waals surface area (Å²) in [4.78, 5) is 9.29. The SMILES string of the molecule is Cc1ccc(C(N)=S)c(Nc2nc3ccccc3s2)n1. The van der Waals surface area contributed by atoms with Crippen LogP contribution in [0.4, 0.5) is 10.9 Å². The topological polar surface area (TPSA) is 63.8 Å². The Kier molecular flexibility index (Phi) is 3.33. The van der Waals surface area contributed by atoms with Crippen LogP contribution >= 0.6 is 23.6 Å². The molecule has 0 aliphatic heterocycles. The van der Waals surface area contributed by atoms with Crippen LogP contribution in [0, 0.1) is 6.92 Å². The number of thiocarbonyl (C=S) groups is 1. The fourth-order valence-electron chi connectivity index (χ4n) is 1.88. The second-order valence-corrected chi connectivity index (χ2v) is 5.80. The van der Waals surface area contributed by atoms with Crippen molar-refractivity contribution in [2.45, 2.75) is 6.92 Å². The van der Waals surface area contributed by atoms with Crippen LogP contribution in [0.2, 0.25) is 0 Å². The highest BCUT2D eigenvalue weighted by molar-refractivity contribution is 7.80. The van der Waals surface area contributed by atoms with E-state index in [-0.39, 0.29) is 0 Å². The first-order valence-electron chi connectivity index (χ1n) is 6.03. The fraction of sp³-hybridized carbons (Fsp3) is 0.0714. The average Bonchev–Trinajstić information content (AvgIpc) is 2.80. The molecule has 3 rings (SSSR count). The normalized spacial score (nSPS) is 10.7. The number of nitrogens with two attached hydrogens (primary N) is 1. The maximum absolute atomic E-state index is 5.73. The molecule has 0 atom stereocenters. The summed E-state index contributed by atoms with van der Waals surface area (Å²) in [5.41, 5.74) is 8.31. The molecule has 100 valence electrons. The number of aryl methyl sites for hydroxylation is 1. The molecular weight excluding hydrogens is 288 g/mol. The van der Waals surface area contributed by atoms with E-state index in [1.807, 2.05) is 43.3 Å². The van der Waals surface area contributed by atoms with Gasteiger partial charge in [-0.2, -0.15) is 0 Å². The number of pyridine rings is 1. The molecule has 0 spiro atoms. The first-order chi connectivity index (χ1) is 9.63. The summed E-state index contributed by atoms with van der Waals surface area (Å²) < 4.78 is 1.12. The molecule has 4 nitrogen and oxygen atoms in total. The Balaban J connectivity index is 2.01. The van der Waals surface area contributed by atoms with E-state index < -0.39 is 0 Å². The Morgan fingerprint density at radius 1 is 1.20 bits per heavy atom. The molecule has 0 bridgehead atoms. The molecule has 2 heterocycles. The number of rotatable bonds is 3. The molecule has 1 aromatic carbocycles. The standard InChI is InChI=1S/C14H12N4S2/c1-8-6-7-9(12(15)19)13(16-8)18-14-17-10-4-2-3-5-11(10)20-14/h2-7H,1H3,(H2,15,19)(H,16,17,18). The predicted octanol–water partition coefficient (Wildman–Crippen LogP) is 3.38. The van der Waals surface area contributed by atoms with Gasteiger partial charge in [0.1, 0.15) is 10.8 Å². The van der Waals surface area contributed by atoms with Crippen molar-refractivity contribution in [1.82, 2.24) is 9.97 Å². The van der Waals surface area contributed by atoms with E-state index in [9.17, 15) is 0 Å². The minimum atomic E-state index is 0.320. The predicted molar refractivity (Wildman–Crippen MR) is 87.8 cm³/mol. The van der Waals surface area contributed by atoms with Crippen molar-refractivity contribution in [3.63, 3.8) is 0 Å². The highest BCUT2D eigenvalue weighted by Gasteiger charge is 2.10. The van der Waals surface area contributed by atoms with Gasteiger partial charge in [0.05, 0.1) is 15.8 Å². The summed E-state index contributed by atoms with van der Waals surface area (Å²) >= 11 is 6.63. The van der Waals surface area contributed by atoms with Crippen molar-refractivity contribution in [2.75, 3.05) is 5.32 Å². The van der Waals surface area contributed by atoms with Crippen molar-refractivity contribution in [2.24, 2.45) is 5.73 Å². The van der Waals surface area contributed by atoms with Crippen LogP contribution in [-0.2, 0) is 0 Å². The Labute approximate surface area is 125 Å². The molecule has 20 heavy (non-hydrogen) atoms.